The van der Waals surface area contributed by atoms with E-state index in [0.29, 0.717) is 24.5 Å². The van der Waals surface area contributed by atoms with Crippen molar-refractivity contribution in [3.05, 3.63) is 41.1 Å². The molecule has 1 aliphatic heterocycles. The van der Waals surface area contributed by atoms with Gasteiger partial charge >= 0.3 is 12.0 Å². The van der Waals surface area contributed by atoms with E-state index in [0.717, 1.165) is 37.0 Å². The molecule has 142 valence electrons. The van der Waals surface area contributed by atoms with Crippen LogP contribution in [0.2, 0.25) is 0 Å². The summed E-state index contributed by atoms with van der Waals surface area (Å²) in [5.74, 6) is 0.364. The summed E-state index contributed by atoms with van der Waals surface area (Å²) in [5, 5.41) is 5.46. The van der Waals surface area contributed by atoms with Gasteiger partial charge in [0.05, 0.1) is 24.8 Å². The Morgan fingerprint density at radius 2 is 1.81 bits per heavy atom. The first-order chi connectivity index (χ1) is 12.6. The molecule has 0 radical (unpaired) electrons. The van der Waals surface area contributed by atoms with Gasteiger partial charge in [-0.2, -0.15) is 0 Å². The molecule has 26 heavy (non-hydrogen) atoms. The molecule has 1 heterocycles. The smallest absolute Gasteiger partial charge is 0.338 e. The van der Waals surface area contributed by atoms with Crippen LogP contribution in [0.3, 0.4) is 0 Å². The predicted molar refractivity (Wildman–Crippen MR) is 99.8 cm³/mol. The first-order valence-corrected chi connectivity index (χ1v) is 9.25. The number of carbonyl (C=O) groups excluding carboxylic acids is 2. The number of unbranched alkanes of at least 4 members (excludes halogenated alkanes) is 2. The van der Waals surface area contributed by atoms with Gasteiger partial charge in [0.15, 0.2) is 0 Å². The van der Waals surface area contributed by atoms with Crippen LogP contribution >= 0.6 is 0 Å². The van der Waals surface area contributed by atoms with Crippen LogP contribution in [-0.4, -0.2) is 25.2 Å². The minimum absolute atomic E-state index is 0.332. The third kappa shape index (κ3) is 5.25. The molecule has 2 N–H and O–H groups in total. The molecule has 2 rings (SSSR count). The third-order valence-electron chi connectivity index (χ3n) is 4.16. The number of urea groups is 1. The zero-order valence-electron chi connectivity index (χ0n) is 15.8. The Morgan fingerprint density at radius 3 is 2.46 bits per heavy atom. The van der Waals surface area contributed by atoms with Crippen LogP contribution in [0.25, 0.3) is 0 Å². The van der Waals surface area contributed by atoms with Crippen LogP contribution < -0.4 is 15.4 Å². The number of carbonyl (C=O) groups is 2. The number of benzene rings is 1. The average Bonchev–Trinajstić information content (AvgIpc) is 2.63. The highest BCUT2D eigenvalue weighted by Crippen LogP contribution is 2.29. The Balaban J connectivity index is 2.16. The number of esters is 1. The summed E-state index contributed by atoms with van der Waals surface area (Å²) in [7, 11) is 0. The lowest BCUT2D eigenvalue weighted by atomic mass is 9.95. The van der Waals surface area contributed by atoms with Crippen molar-refractivity contribution in [3.63, 3.8) is 0 Å². The van der Waals surface area contributed by atoms with Gasteiger partial charge in [-0.25, -0.2) is 9.59 Å². The van der Waals surface area contributed by atoms with Crippen molar-refractivity contribution >= 4 is 12.0 Å². The number of amides is 2. The van der Waals surface area contributed by atoms with Gasteiger partial charge in [-0.1, -0.05) is 38.8 Å². The molecule has 6 nitrogen and oxygen atoms in total. The molecule has 0 fully saturated rings. The minimum Gasteiger partial charge on any atom is -0.494 e. The highest BCUT2D eigenvalue weighted by molar-refractivity contribution is 5.95. The Hall–Kier alpha value is -2.50. The van der Waals surface area contributed by atoms with Gasteiger partial charge in [0, 0.05) is 5.70 Å². The molecule has 0 saturated carbocycles. The summed E-state index contributed by atoms with van der Waals surface area (Å²) in [6.07, 6.45) is 3.85. The quantitative estimate of drug-likeness (QED) is 0.518. The maximum atomic E-state index is 12.6. The Labute approximate surface area is 154 Å². The minimum atomic E-state index is -0.539. The van der Waals surface area contributed by atoms with Gasteiger partial charge in [0.25, 0.3) is 0 Å². The number of ether oxygens (including phenoxy) is 2. The number of hydrogen-bond acceptors (Lipinski definition) is 4. The topological polar surface area (TPSA) is 76.7 Å². The van der Waals surface area contributed by atoms with Crippen LogP contribution in [0.4, 0.5) is 4.79 Å². The van der Waals surface area contributed by atoms with Crippen LogP contribution in [0.1, 0.15) is 58.1 Å². The molecule has 0 spiro atoms. The summed E-state index contributed by atoms with van der Waals surface area (Å²) >= 11 is 0. The summed E-state index contributed by atoms with van der Waals surface area (Å²) in [6.45, 7) is 6.89. The molecule has 1 atom stereocenters. The van der Waals surface area contributed by atoms with Crippen LogP contribution in [0, 0.1) is 0 Å². The van der Waals surface area contributed by atoms with Gasteiger partial charge < -0.3 is 20.1 Å². The van der Waals surface area contributed by atoms with Gasteiger partial charge in [-0.15, -0.1) is 0 Å². The van der Waals surface area contributed by atoms with Crippen LogP contribution in [-0.2, 0) is 9.53 Å². The Morgan fingerprint density at radius 1 is 1.08 bits per heavy atom. The number of rotatable bonds is 9. The van der Waals surface area contributed by atoms with E-state index in [2.05, 4.69) is 17.6 Å². The van der Waals surface area contributed by atoms with E-state index in [4.69, 9.17) is 9.47 Å². The fourth-order valence-corrected chi connectivity index (χ4v) is 2.79. The van der Waals surface area contributed by atoms with Crippen molar-refractivity contribution in [2.24, 2.45) is 0 Å². The lowest BCUT2D eigenvalue weighted by molar-refractivity contribution is -0.139. The monoisotopic (exact) mass is 360 g/mol. The molecule has 1 aromatic carbocycles. The number of hydrogen-bond donors (Lipinski definition) is 2. The summed E-state index contributed by atoms with van der Waals surface area (Å²) in [6, 6.07) is 6.54. The first kappa shape index (κ1) is 19.8. The first-order valence-electron chi connectivity index (χ1n) is 9.25. The molecular weight excluding hydrogens is 332 g/mol. The summed E-state index contributed by atoms with van der Waals surface area (Å²) in [5.41, 5.74) is 1.76. The molecular formula is C20H28N2O4. The molecule has 0 aromatic heterocycles. The van der Waals surface area contributed by atoms with Gasteiger partial charge in [0.2, 0.25) is 0 Å². The van der Waals surface area contributed by atoms with Crippen molar-refractivity contribution in [3.8, 4) is 5.75 Å². The Kier molecular flexibility index (Phi) is 7.51. The largest absolute Gasteiger partial charge is 0.494 e. The van der Waals surface area contributed by atoms with Crippen LogP contribution in [0.5, 0.6) is 5.75 Å². The zero-order valence-corrected chi connectivity index (χ0v) is 15.8. The average molecular weight is 360 g/mol. The maximum absolute atomic E-state index is 12.6. The van der Waals surface area contributed by atoms with E-state index in [1.807, 2.05) is 31.2 Å². The van der Waals surface area contributed by atoms with Gasteiger partial charge in [-0.05, 0) is 37.5 Å². The number of allylic oxidation sites excluding steroid dienone is 1. The molecule has 1 aliphatic rings. The van der Waals surface area contributed by atoms with Crippen molar-refractivity contribution < 1.29 is 19.1 Å². The van der Waals surface area contributed by atoms with Crippen LogP contribution in [0.15, 0.2) is 35.5 Å². The predicted octanol–water partition coefficient (Wildman–Crippen LogP) is 3.84. The second-order valence-electron chi connectivity index (χ2n) is 6.33. The third-order valence-corrected chi connectivity index (χ3v) is 4.16. The Bertz CT molecular complexity index is 652. The molecule has 2 amide bonds. The van der Waals surface area contributed by atoms with Crippen molar-refractivity contribution in [1.29, 1.82) is 0 Å². The fourth-order valence-electron chi connectivity index (χ4n) is 2.79. The lowest BCUT2D eigenvalue weighted by Gasteiger charge is -2.28. The SMILES string of the molecule is CCCCCOC(=O)C1=C(C)NC(=O)NC1c1ccc(OCCC)cc1. The zero-order chi connectivity index (χ0) is 18.9. The van der Waals surface area contributed by atoms with E-state index in [1.54, 1.807) is 6.92 Å². The maximum Gasteiger partial charge on any atom is 0.338 e. The molecule has 1 unspecified atom stereocenters. The molecule has 6 heteroatoms. The standard InChI is InChI=1S/C20H28N2O4/c1-4-6-7-13-26-19(23)17-14(3)21-20(24)22-18(17)15-8-10-16(11-9-15)25-12-5-2/h8-11,18H,4-7,12-13H2,1-3H3,(H2,21,22,24). The second kappa shape index (κ2) is 9.85. The van der Waals surface area contributed by atoms with Gasteiger partial charge in [0.1, 0.15) is 5.75 Å². The molecule has 0 bridgehead atoms. The summed E-state index contributed by atoms with van der Waals surface area (Å²) < 4.78 is 11.0. The van der Waals surface area contributed by atoms with E-state index in [9.17, 15) is 9.59 Å². The van der Waals surface area contributed by atoms with Crippen molar-refractivity contribution in [2.75, 3.05) is 13.2 Å². The highest BCUT2D eigenvalue weighted by Gasteiger charge is 2.32. The van der Waals surface area contributed by atoms with E-state index < -0.39 is 12.0 Å². The normalized spacial score (nSPS) is 16.7. The van der Waals surface area contributed by atoms with Crippen molar-refractivity contribution in [2.45, 2.75) is 52.5 Å². The molecule has 0 aliphatic carbocycles. The van der Waals surface area contributed by atoms with E-state index in [-0.39, 0.29) is 6.03 Å². The van der Waals surface area contributed by atoms with E-state index >= 15 is 0 Å². The fraction of sp³-hybridized carbons (Fsp3) is 0.500. The highest BCUT2D eigenvalue weighted by atomic mass is 16.5. The van der Waals surface area contributed by atoms with Gasteiger partial charge in [-0.3, -0.25) is 0 Å². The van der Waals surface area contributed by atoms with E-state index in [1.165, 1.54) is 0 Å². The molecule has 0 saturated heterocycles. The van der Waals surface area contributed by atoms with Crippen molar-refractivity contribution in [1.82, 2.24) is 10.6 Å². The lowest BCUT2D eigenvalue weighted by Crippen LogP contribution is -2.45. The summed E-state index contributed by atoms with van der Waals surface area (Å²) in [4.78, 5) is 24.5. The second-order valence-corrected chi connectivity index (χ2v) is 6.33. The molecule has 1 aromatic rings. The number of nitrogens with one attached hydrogen (secondary N) is 2.